The number of hydrogen-bond donors (Lipinski definition) is 1. The zero-order valence-corrected chi connectivity index (χ0v) is 8.79. The summed E-state index contributed by atoms with van der Waals surface area (Å²) in [6.45, 7) is 2.64. The van der Waals surface area contributed by atoms with Gasteiger partial charge in [-0.15, -0.1) is 0 Å². The maximum atomic E-state index is 8.99. The zero-order valence-electron chi connectivity index (χ0n) is 8.79. The van der Waals surface area contributed by atoms with E-state index in [1.54, 1.807) is 0 Å². The summed E-state index contributed by atoms with van der Waals surface area (Å²) in [5.41, 5.74) is 2.51. The number of aryl methyl sites for hydroxylation is 1. The first-order chi connectivity index (χ1) is 7.24. The molecule has 1 aromatic carbocycles. The SMILES string of the molecule is CNCc1cc2c(C#N)cc(C)cc2o1. The van der Waals surface area contributed by atoms with Gasteiger partial charge in [-0.3, -0.25) is 0 Å². The third-order valence-corrected chi connectivity index (χ3v) is 2.30. The minimum absolute atomic E-state index is 0.677. The standard InChI is InChI=1S/C12H12N2O/c1-8-3-9(6-13)11-5-10(7-14-2)15-12(11)4-8/h3-5,14H,7H2,1-2H3. The minimum atomic E-state index is 0.677. The number of nitrogens with one attached hydrogen (secondary N) is 1. The van der Waals surface area contributed by atoms with E-state index in [0.717, 1.165) is 22.3 Å². The predicted molar refractivity (Wildman–Crippen MR) is 58.4 cm³/mol. The van der Waals surface area contributed by atoms with Gasteiger partial charge in [-0.05, 0) is 37.7 Å². The molecule has 0 saturated carbocycles. The zero-order chi connectivity index (χ0) is 10.8. The van der Waals surface area contributed by atoms with Crippen LogP contribution in [0.3, 0.4) is 0 Å². The molecule has 0 aliphatic carbocycles. The van der Waals surface area contributed by atoms with Crippen LogP contribution in [0.15, 0.2) is 22.6 Å². The van der Waals surface area contributed by atoms with Crippen molar-refractivity contribution in [1.29, 1.82) is 5.26 Å². The molecule has 3 heteroatoms. The molecule has 1 N–H and O–H groups in total. The average molecular weight is 200 g/mol. The van der Waals surface area contributed by atoms with Gasteiger partial charge < -0.3 is 9.73 Å². The lowest BCUT2D eigenvalue weighted by molar-refractivity contribution is 0.530. The summed E-state index contributed by atoms with van der Waals surface area (Å²) in [6, 6.07) is 7.94. The van der Waals surface area contributed by atoms with Gasteiger partial charge in [-0.25, -0.2) is 0 Å². The van der Waals surface area contributed by atoms with Gasteiger partial charge in [-0.2, -0.15) is 5.26 Å². The number of rotatable bonds is 2. The maximum Gasteiger partial charge on any atom is 0.135 e. The second kappa shape index (κ2) is 3.76. The number of nitrogens with zero attached hydrogens (tertiary/aromatic N) is 1. The smallest absolute Gasteiger partial charge is 0.135 e. The highest BCUT2D eigenvalue weighted by atomic mass is 16.3. The van der Waals surface area contributed by atoms with E-state index in [9.17, 15) is 0 Å². The molecule has 2 aromatic rings. The third kappa shape index (κ3) is 1.72. The molecule has 0 amide bonds. The number of furan rings is 1. The second-order valence-electron chi connectivity index (χ2n) is 3.58. The topological polar surface area (TPSA) is 49.0 Å². The second-order valence-corrected chi connectivity index (χ2v) is 3.58. The molecule has 0 aliphatic heterocycles. The van der Waals surface area contributed by atoms with Gasteiger partial charge in [0.1, 0.15) is 11.3 Å². The molecule has 15 heavy (non-hydrogen) atoms. The first-order valence-electron chi connectivity index (χ1n) is 4.82. The highest BCUT2D eigenvalue weighted by Crippen LogP contribution is 2.24. The molecule has 2 rings (SSSR count). The molecule has 0 fully saturated rings. The van der Waals surface area contributed by atoms with Crippen molar-refractivity contribution >= 4 is 11.0 Å². The molecule has 0 bridgehead atoms. The average Bonchev–Trinajstić information content (AvgIpc) is 2.59. The van der Waals surface area contributed by atoms with Gasteiger partial charge in [0, 0.05) is 5.39 Å². The first-order valence-corrected chi connectivity index (χ1v) is 4.82. The van der Waals surface area contributed by atoms with Crippen LogP contribution < -0.4 is 5.32 Å². The van der Waals surface area contributed by atoms with Crippen LogP contribution in [0.5, 0.6) is 0 Å². The molecule has 1 heterocycles. The summed E-state index contributed by atoms with van der Waals surface area (Å²) in [7, 11) is 1.86. The molecule has 76 valence electrons. The molecule has 0 radical (unpaired) electrons. The molecule has 0 aliphatic rings. The Bertz CT molecular complexity index is 534. The van der Waals surface area contributed by atoms with Crippen LogP contribution in [0.2, 0.25) is 0 Å². The fourth-order valence-electron chi connectivity index (χ4n) is 1.68. The van der Waals surface area contributed by atoms with Crippen LogP contribution in [0.4, 0.5) is 0 Å². The van der Waals surface area contributed by atoms with Crippen molar-refractivity contribution in [2.75, 3.05) is 7.05 Å². The lowest BCUT2D eigenvalue weighted by Crippen LogP contribution is -2.03. The Morgan fingerprint density at radius 2 is 2.20 bits per heavy atom. The first kappa shape index (κ1) is 9.75. The molecular formula is C12H12N2O. The van der Waals surface area contributed by atoms with E-state index in [1.165, 1.54) is 0 Å². The monoisotopic (exact) mass is 200 g/mol. The van der Waals surface area contributed by atoms with E-state index in [-0.39, 0.29) is 0 Å². The van der Waals surface area contributed by atoms with Gasteiger partial charge in [0.25, 0.3) is 0 Å². The van der Waals surface area contributed by atoms with Gasteiger partial charge >= 0.3 is 0 Å². The fourth-order valence-corrected chi connectivity index (χ4v) is 1.68. The van der Waals surface area contributed by atoms with E-state index in [2.05, 4.69) is 11.4 Å². The van der Waals surface area contributed by atoms with E-state index >= 15 is 0 Å². The summed E-state index contributed by atoms with van der Waals surface area (Å²) in [5.74, 6) is 0.856. The molecule has 0 spiro atoms. The van der Waals surface area contributed by atoms with Crippen LogP contribution in [0.25, 0.3) is 11.0 Å². The summed E-state index contributed by atoms with van der Waals surface area (Å²) >= 11 is 0. The highest BCUT2D eigenvalue weighted by molar-refractivity contribution is 5.85. The van der Waals surface area contributed by atoms with E-state index < -0.39 is 0 Å². The Hall–Kier alpha value is -1.79. The molecule has 1 aromatic heterocycles. The quantitative estimate of drug-likeness (QED) is 0.809. The summed E-state index contributed by atoms with van der Waals surface area (Å²) in [5, 5.41) is 12.9. The van der Waals surface area contributed by atoms with Crippen LogP contribution in [0, 0.1) is 18.3 Å². The summed E-state index contributed by atoms with van der Waals surface area (Å²) < 4.78 is 5.62. The van der Waals surface area contributed by atoms with Gasteiger partial charge in [0.15, 0.2) is 0 Å². The lowest BCUT2D eigenvalue weighted by Gasteiger charge is -1.94. The summed E-state index contributed by atoms with van der Waals surface area (Å²) in [6.07, 6.45) is 0. The number of nitriles is 1. The molecule has 3 nitrogen and oxygen atoms in total. The Morgan fingerprint density at radius 3 is 2.87 bits per heavy atom. The van der Waals surface area contributed by atoms with Crippen LogP contribution in [-0.4, -0.2) is 7.05 Å². The van der Waals surface area contributed by atoms with E-state index in [4.69, 9.17) is 9.68 Å². The third-order valence-electron chi connectivity index (χ3n) is 2.30. The van der Waals surface area contributed by atoms with Crippen molar-refractivity contribution < 1.29 is 4.42 Å². The van der Waals surface area contributed by atoms with Crippen LogP contribution in [-0.2, 0) is 6.54 Å². The van der Waals surface area contributed by atoms with Crippen molar-refractivity contribution in [2.45, 2.75) is 13.5 Å². The fraction of sp³-hybridized carbons (Fsp3) is 0.250. The number of hydrogen-bond acceptors (Lipinski definition) is 3. The van der Waals surface area contributed by atoms with Crippen molar-refractivity contribution in [3.8, 4) is 6.07 Å². The van der Waals surface area contributed by atoms with Crippen molar-refractivity contribution in [2.24, 2.45) is 0 Å². The molecule has 0 unspecified atom stereocenters. The Labute approximate surface area is 88.3 Å². The molecule has 0 atom stereocenters. The lowest BCUT2D eigenvalue weighted by atomic mass is 10.1. The highest BCUT2D eigenvalue weighted by Gasteiger charge is 2.08. The largest absolute Gasteiger partial charge is 0.460 e. The maximum absolute atomic E-state index is 8.99. The Morgan fingerprint density at radius 1 is 1.40 bits per heavy atom. The van der Waals surface area contributed by atoms with Crippen molar-refractivity contribution in [1.82, 2.24) is 5.32 Å². The van der Waals surface area contributed by atoms with Crippen molar-refractivity contribution in [3.05, 3.63) is 35.1 Å². The molecular weight excluding hydrogens is 188 g/mol. The van der Waals surface area contributed by atoms with Gasteiger partial charge in [0.2, 0.25) is 0 Å². The number of fused-ring (bicyclic) bond motifs is 1. The Kier molecular flexibility index (Phi) is 2.44. The van der Waals surface area contributed by atoms with Crippen LogP contribution in [0.1, 0.15) is 16.9 Å². The van der Waals surface area contributed by atoms with Gasteiger partial charge in [-0.1, -0.05) is 0 Å². The van der Waals surface area contributed by atoms with E-state index in [1.807, 2.05) is 32.2 Å². The minimum Gasteiger partial charge on any atom is -0.460 e. The number of benzene rings is 1. The summed E-state index contributed by atoms with van der Waals surface area (Å²) in [4.78, 5) is 0. The van der Waals surface area contributed by atoms with E-state index in [0.29, 0.717) is 12.1 Å². The van der Waals surface area contributed by atoms with Crippen molar-refractivity contribution in [3.63, 3.8) is 0 Å². The Balaban J connectivity index is 2.64. The van der Waals surface area contributed by atoms with Gasteiger partial charge in [0.05, 0.1) is 18.2 Å². The normalized spacial score (nSPS) is 10.5. The molecule has 0 saturated heterocycles. The predicted octanol–water partition coefficient (Wildman–Crippen LogP) is 2.33. The van der Waals surface area contributed by atoms with Crippen LogP contribution >= 0.6 is 0 Å².